The van der Waals surface area contributed by atoms with Gasteiger partial charge in [-0.25, -0.2) is 4.79 Å². The maximum atomic E-state index is 12.7. The molecular formula is C28H36N2O3. The van der Waals surface area contributed by atoms with E-state index in [2.05, 4.69) is 49.9 Å². The molecule has 3 heterocycles. The lowest BCUT2D eigenvalue weighted by Gasteiger charge is -2.51. The molecule has 1 amide bonds. The van der Waals surface area contributed by atoms with Crippen molar-refractivity contribution in [1.82, 2.24) is 9.80 Å². The topological polar surface area (TPSA) is 53.0 Å². The SMILES string of the molecule is CCOc1ccc(-c2cc3c(cc2C)[C@H](N(C(=O)O)[C@@H]2CN4CCC2CC4)C(C)(C)C3)cc1. The van der Waals surface area contributed by atoms with E-state index in [1.165, 1.54) is 27.8 Å². The summed E-state index contributed by atoms with van der Waals surface area (Å²) in [5.74, 6) is 1.37. The Balaban J connectivity index is 1.52. The van der Waals surface area contributed by atoms with Crippen LogP contribution in [0.1, 0.15) is 56.3 Å². The molecule has 5 nitrogen and oxygen atoms in total. The Bertz CT molecular complexity index is 1040. The van der Waals surface area contributed by atoms with Crippen LogP contribution in [0.15, 0.2) is 36.4 Å². The molecule has 1 aliphatic carbocycles. The molecule has 4 aliphatic rings. The van der Waals surface area contributed by atoms with Gasteiger partial charge in [-0.05, 0) is 97.5 Å². The van der Waals surface area contributed by atoms with Crippen LogP contribution in [-0.2, 0) is 6.42 Å². The van der Waals surface area contributed by atoms with Crippen LogP contribution in [0.2, 0.25) is 0 Å². The van der Waals surface area contributed by atoms with Crippen LogP contribution in [0.5, 0.6) is 5.75 Å². The zero-order chi connectivity index (χ0) is 23.3. The highest BCUT2D eigenvalue weighted by molar-refractivity contribution is 5.72. The van der Waals surface area contributed by atoms with Gasteiger partial charge in [0.25, 0.3) is 0 Å². The summed E-state index contributed by atoms with van der Waals surface area (Å²) in [5, 5.41) is 10.4. The summed E-state index contributed by atoms with van der Waals surface area (Å²) in [6, 6.07) is 12.8. The van der Waals surface area contributed by atoms with Gasteiger partial charge in [-0.1, -0.05) is 38.1 Å². The Morgan fingerprint density at radius 2 is 1.88 bits per heavy atom. The molecule has 2 aromatic carbocycles. The Morgan fingerprint density at radius 3 is 2.45 bits per heavy atom. The molecule has 0 saturated carbocycles. The van der Waals surface area contributed by atoms with Crippen LogP contribution in [0.4, 0.5) is 4.79 Å². The molecule has 2 bridgehead atoms. The lowest BCUT2D eigenvalue weighted by molar-refractivity contribution is -0.0267. The number of aryl methyl sites for hydroxylation is 1. The summed E-state index contributed by atoms with van der Waals surface area (Å²) in [6.07, 6.45) is 2.35. The average Bonchev–Trinajstić information content (AvgIpc) is 3.04. The second-order valence-corrected chi connectivity index (χ2v) is 10.8. The number of carboxylic acid groups (broad SMARTS) is 1. The van der Waals surface area contributed by atoms with Crippen LogP contribution in [0.25, 0.3) is 11.1 Å². The van der Waals surface area contributed by atoms with E-state index < -0.39 is 6.09 Å². The van der Waals surface area contributed by atoms with Crippen molar-refractivity contribution in [3.05, 3.63) is 53.1 Å². The van der Waals surface area contributed by atoms with Crippen LogP contribution < -0.4 is 4.74 Å². The van der Waals surface area contributed by atoms with Crippen LogP contribution >= 0.6 is 0 Å². The third-order valence-electron chi connectivity index (χ3n) is 8.12. The number of ether oxygens (including phenoxy) is 1. The molecule has 33 heavy (non-hydrogen) atoms. The second kappa shape index (κ2) is 8.35. The number of hydrogen-bond donors (Lipinski definition) is 1. The van der Waals surface area contributed by atoms with Crippen molar-refractivity contribution < 1.29 is 14.6 Å². The number of hydrogen-bond acceptors (Lipinski definition) is 3. The molecule has 3 aliphatic heterocycles. The predicted octanol–water partition coefficient (Wildman–Crippen LogP) is 5.76. The molecule has 1 N–H and O–H groups in total. The first-order valence-electron chi connectivity index (χ1n) is 12.4. The molecule has 0 spiro atoms. The lowest BCUT2D eigenvalue weighted by atomic mass is 9.79. The predicted molar refractivity (Wildman–Crippen MR) is 131 cm³/mol. The molecule has 0 aromatic heterocycles. The fourth-order valence-electron chi connectivity index (χ4n) is 6.62. The monoisotopic (exact) mass is 448 g/mol. The van der Waals surface area contributed by atoms with E-state index in [0.29, 0.717) is 12.5 Å². The van der Waals surface area contributed by atoms with Crippen molar-refractivity contribution >= 4 is 6.09 Å². The van der Waals surface area contributed by atoms with Gasteiger partial charge >= 0.3 is 6.09 Å². The van der Waals surface area contributed by atoms with E-state index in [0.717, 1.165) is 44.6 Å². The quantitative estimate of drug-likeness (QED) is 0.632. The summed E-state index contributed by atoms with van der Waals surface area (Å²) >= 11 is 0. The first kappa shape index (κ1) is 22.3. The summed E-state index contributed by atoms with van der Waals surface area (Å²) < 4.78 is 5.61. The minimum Gasteiger partial charge on any atom is -0.494 e. The van der Waals surface area contributed by atoms with E-state index in [4.69, 9.17) is 4.74 Å². The van der Waals surface area contributed by atoms with Gasteiger partial charge < -0.3 is 14.7 Å². The molecule has 0 radical (unpaired) electrons. The van der Waals surface area contributed by atoms with E-state index in [-0.39, 0.29) is 17.5 Å². The lowest BCUT2D eigenvalue weighted by Crippen LogP contribution is -2.60. The standard InChI is InChI=1S/C28H36N2O3/c1-5-33-22-8-6-19(7-9-22)23-15-21-16-28(3,4)26(24(21)14-18(23)2)30(27(31)32)25-17-29-12-10-20(25)11-13-29/h6-9,14-15,20,25-26H,5,10-13,16-17H2,1-4H3,(H,31,32)/t25-,26+/m1/s1. The van der Waals surface area contributed by atoms with Gasteiger partial charge in [-0.15, -0.1) is 0 Å². The van der Waals surface area contributed by atoms with Crippen molar-refractivity contribution in [2.75, 3.05) is 26.2 Å². The molecular weight excluding hydrogens is 412 g/mol. The van der Waals surface area contributed by atoms with Crippen LogP contribution in [-0.4, -0.2) is 53.3 Å². The van der Waals surface area contributed by atoms with Gasteiger partial charge in [0.1, 0.15) is 5.75 Å². The number of amides is 1. The van der Waals surface area contributed by atoms with Crippen LogP contribution in [0, 0.1) is 18.3 Å². The summed E-state index contributed by atoms with van der Waals surface area (Å²) in [6.45, 7) is 12.4. The van der Waals surface area contributed by atoms with Gasteiger partial charge in [0.15, 0.2) is 0 Å². The molecule has 0 unspecified atom stereocenters. The highest BCUT2D eigenvalue weighted by Gasteiger charge is 2.50. The van der Waals surface area contributed by atoms with E-state index in [9.17, 15) is 9.90 Å². The largest absolute Gasteiger partial charge is 0.494 e. The van der Waals surface area contributed by atoms with Gasteiger partial charge in [-0.2, -0.15) is 0 Å². The first-order chi connectivity index (χ1) is 15.8. The van der Waals surface area contributed by atoms with E-state index >= 15 is 0 Å². The van der Waals surface area contributed by atoms with Crippen molar-refractivity contribution in [2.45, 2.75) is 59.0 Å². The van der Waals surface area contributed by atoms with Gasteiger partial charge in [-0.3, -0.25) is 4.90 Å². The van der Waals surface area contributed by atoms with Gasteiger partial charge in [0.05, 0.1) is 18.7 Å². The zero-order valence-corrected chi connectivity index (χ0v) is 20.3. The zero-order valence-electron chi connectivity index (χ0n) is 20.3. The minimum atomic E-state index is -0.770. The molecule has 3 saturated heterocycles. The molecule has 6 rings (SSSR count). The summed E-state index contributed by atoms with van der Waals surface area (Å²) in [4.78, 5) is 17.0. The van der Waals surface area contributed by atoms with Crippen molar-refractivity contribution in [3.63, 3.8) is 0 Å². The minimum absolute atomic E-state index is 0.0892. The maximum absolute atomic E-state index is 12.7. The average molecular weight is 449 g/mol. The number of piperidine rings is 3. The first-order valence-corrected chi connectivity index (χ1v) is 12.4. The highest BCUT2D eigenvalue weighted by Crippen LogP contribution is 2.52. The Kier molecular flexibility index (Phi) is 5.64. The number of carbonyl (C=O) groups is 1. The van der Waals surface area contributed by atoms with Crippen molar-refractivity contribution in [1.29, 1.82) is 0 Å². The summed E-state index contributed by atoms with van der Waals surface area (Å²) in [7, 11) is 0. The molecule has 2 atom stereocenters. The third-order valence-corrected chi connectivity index (χ3v) is 8.12. The fraction of sp³-hybridized carbons (Fsp3) is 0.536. The number of rotatable bonds is 5. The maximum Gasteiger partial charge on any atom is 0.408 e. The third kappa shape index (κ3) is 3.90. The number of fused-ring (bicyclic) bond motifs is 4. The fourth-order valence-corrected chi connectivity index (χ4v) is 6.62. The Hall–Kier alpha value is -2.53. The van der Waals surface area contributed by atoms with Crippen molar-refractivity contribution in [2.24, 2.45) is 11.3 Å². The normalized spacial score (nSPS) is 27.3. The number of nitrogens with zero attached hydrogens (tertiary/aromatic N) is 2. The second-order valence-electron chi connectivity index (χ2n) is 10.8. The Morgan fingerprint density at radius 1 is 1.18 bits per heavy atom. The highest BCUT2D eigenvalue weighted by atomic mass is 16.5. The van der Waals surface area contributed by atoms with Gasteiger partial charge in [0, 0.05) is 6.54 Å². The Labute approximate surface area is 197 Å². The molecule has 3 fully saturated rings. The molecule has 176 valence electrons. The van der Waals surface area contributed by atoms with E-state index in [1.807, 2.05) is 24.0 Å². The molecule has 5 heteroatoms. The number of benzene rings is 2. The summed E-state index contributed by atoms with van der Waals surface area (Å²) in [5.41, 5.74) is 5.93. The van der Waals surface area contributed by atoms with Crippen molar-refractivity contribution in [3.8, 4) is 16.9 Å². The molecule has 2 aromatic rings. The smallest absolute Gasteiger partial charge is 0.408 e. The van der Waals surface area contributed by atoms with E-state index in [1.54, 1.807) is 0 Å². The van der Waals surface area contributed by atoms with Crippen LogP contribution in [0.3, 0.4) is 0 Å². The van der Waals surface area contributed by atoms with Gasteiger partial charge in [0.2, 0.25) is 0 Å².